The van der Waals surface area contributed by atoms with Gasteiger partial charge < -0.3 is 14.5 Å². The molecule has 0 spiro atoms. The summed E-state index contributed by atoms with van der Waals surface area (Å²) < 4.78 is 35.0. The van der Waals surface area contributed by atoms with Crippen molar-refractivity contribution in [3.8, 4) is 0 Å². The van der Waals surface area contributed by atoms with Crippen LogP contribution in [0.1, 0.15) is 33.8 Å². The number of furan rings is 1. The molecule has 2 aromatic carbocycles. The van der Waals surface area contributed by atoms with Crippen molar-refractivity contribution in [2.45, 2.75) is 34.6 Å². The molecule has 3 amide bonds. The number of hydrogen-bond donors (Lipinski definition) is 2. The molecule has 3 atom stereocenters. The van der Waals surface area contributed by atoms with E-state index in [-0.39, 0.29) is 28.4 Å². The van der Waals surface area contributed by atoms with Crippen LogP contribution < -0.4 is 20.2 Å². The highest BCUT2D eigenvalue weighted by Crippen LogP contribution is 2.53. The minimum absolute atomic E-state index is 0.127. The predicted octanol–water partition coefficient (Wildman–Crippen LogP) is 2.76. The van der Waals surface area contributed by atoms with Crippen LogP contribution in [0.3, 0.4) is 0 Å². The summed E-state index contributed by atoms with van der Waals surface area (Å²) in [6, 6.07) is 14.5. The first kappa shape index (κ1) is 30.5. The molecule has 6 rings (SSSR count). The number of imide groups is 1. The third-order valence-electron chi connectivity index (χ3n) is 7.30. The van der Waals surface area contributed by atoms with E-state index in [1.807, 2.05) is 0 Å². The maximum atomic E-state index is 13.9. The summed E-state index contributed by atoms with van der Waals surface area (Å²) in [5.41, 5.74) is 0.830. The molecule has 2 unspecified atom stereocenters. The van der Waals surface area contributed by atoms with Crippen molar-refractivity contribution in [3.05, 3.63) is 92.8 Å². The fourth-order valence-electron chi connectivity index (χ4n) is 5.32. The summed E-state index contributed by atoms with van der Waals surface area (Å²) in [4.78, 5) is 67.1. The van der Waals surface area contributed by atoms with Crippen LogP contribution in [0.5, 0.6) is 0 Å². The smallest absolute Gasteiger partial charge is 0.338 e. The maximum Gasteiger partial charge on any atom is 0.338 e. The number of nitrogens with one attached hydrogen (secondary N) is 1. The van der Waals surface area contributed by atoms with Crippen LogP contribution >= 0.6 is 23.1 Å². The molecule has 13 nitrogen and oxygen atoms in total. The van der Waals surface area contributed by atoms with E-state index in [0.717, 1.165) is 28.0 Å². The molecular weight excluding hydrogens is 645 g/mol. The largest absolute Gasteiger partial charge is 0.469 e. The first-order valence-electron chi connectivity index (χ1n) is 13.5. The van der Waals surface area contributed by atoms with E-state index < -0.39 is 62.2 Å². The second kappa shape index (κ2) is 11.8. The normalized spacial score (nSPS) is 19.2. The summed E-state index contributed by atoms with van der Waals surface area (Å²) in [6.07, 6.45) is 1.44. The fraction of sp³-hybridized carbons (Fsp3) is 0.207. The Hall–Kier alpha value is -4.51. The Kier molecular flexibility index (Phi) is 7.98. The third-order valence-corrected chi connectivity index (χ3v) is 10.8. The van der Waals surface area contributed by atoms with E-state index in [1.165, 1.54) is 59.4 Å². The van der Waals surface area contributed by atoms with Crippen LogP contribution in [-0.4, -0.2) is 48.5 Å². The number of esters is 1. The first-order chi connectivity index (χ1) is 21.5. The lowest BCUT2D eigenvalue weighted by atomic mass is 9.87. The SMILES string of the molecule is CCOC(=O)c1ccc(N2C(=O)C3Sc4c(sc(=O)n4CC(=O)Nc4ccc(S(N)(=O)=O)cc4)[C@H](c4ccco4)C3C2=O)cc1. The first-order valence-corrected chi connectivity index (χ1v) is 16.7. The van der Waals surface area contributed by atoms with Gasteiger partial charge in [-0.15, -0.1) is 0 Å². The van der Waals surface area contributed by atoms with Crippen LogP contribution in [0.4, 0.5) is 11.4 Å². The lowest BCUT2D eigenvalue weighted by molar-refractivity contribution is -0.122. The van der Waals surface area contributed by atoms with Gasteiger partial charge in [-0.3, -0.25) is 23.7 Å². The molecular formula is C29H24N4O9S3. The number of nitrogens with two attached hydrogens (primary N) is 1. The topological polar surface area (TPSA) is 188 Å². The Bertz CT molecular complexity index is 1980. The van der Waals surface area contributed by atoms with Crippen molar-refractivity contribution in [3.63, 3.8) is 0 Å². The summed E-state index contributed by atoms with van der Waals surface area (Å²) in [7, 11) is -3.91. The van der Waals surface area contributed by atoms with Gasteiger partial charge in [0.1, 0.15) is 17.6 Å². The van der Waals surface area contributed by atoms with Crippen LogP contribution in [0.2, 0.25) is 0 Å². The molecule has 45 heavy (non-hydrogen) atoms. The number of thiazole rings is 1. The second-order valence-electron chi connectivity index (χ2n) is 10.1. The van der Waals surface area contributed by atoms with Crippen molar-refractivity contribution in [2.75, 3.05) is 16.8 Å². The number of anilines is 2. The quantitative estimate of drug-likeness (QED) is 0.209. The Labute approximate surface area is 264 Å². The molecule has 232 valence electrons. The van der Waals surface area contributed by atoms with Gasteiger partial charge in [0.2, 0.25) is 27.7 Å². The maximum absolute atomic E-state index is 13.9. The van der Waals surface area contributed by atoms with E-state index in [1.54, 1.807) is 19.1 Å². The summed E-state index contributed by atoms with van der Waals surface area (Å²) in [5.74, 6) is -3.38. The molecule has 0 bridgehead atoms. The zero-order chi connectivity index (χ0) is 32.0. The molecule has 2 aromatic heterocycles. The number of primary sulfonamides is 1. The Morgan fingerprint density at radius 2 is 1.73 bits per heavy atom. The number of carbonyl (C=O) groups excluding carboxylic acids is 4. The number of rotatable bonds is 8. The van der Waals surface area contributed by atoms with E-state index in [2.05, 4.69) is 5.32 Å². The van der Waals surface area contributed by atoms with Gasteiger partial charge in [0.15, 0.2) is 0 Å². The minimum Gasteiger partial charge on any atom is -0.469 e. The van der Waals surface area contributed by atoms with Gasteiger partial charge in [-0.1, -0.05) is 23.1 Å². The highest BCUT2D eigenvalue weighted by atomic mass is 32.2. The minimum atomic E-state index is -3.91. The molecule has 4 aromatic rings. The zero-order valence-corrected chi connectivity index (χ0v) is 25.8. The average molecular weight is 669 g/mol. The molecule has 2 aliphatic rings. The molecule has 3 N–H and O–H groups in total. The number of benzene rings is 2. The lowest BCUT2D eigenvalue weighted by Gasteiger charge is -2.29. The number of hydrogen-bond acceptors (Lipinski definition) is 11. The van der Waals surface area contributed by atoms with Crippen molar-refractivity contribution in [1.82, 2.24) is 4.57 Å². The lowest BCUT2D eigenvalue weighted by Crippen LogP contribution is -2.32. The summed E-state index contributed by atoms with van der Waals surface area (Å²) in [6.45, 7) is 1.48. The van der Waals surface area contributed by atoms with Crippen molar-refractivity contribution in [2.24, 2.45) is 11.1 Å². The number of nitrogens with zero attached hydrogens (tertiary/aromatic N) is 2. The van der Waals surface area contributed by atoms with Crippen LogP contribution in [0.25, 0.3) is 0 Å². The number of fused-ring (bicyclic) bond motifs is 2. The van der Waals surface area contributed by atoms with Crippen molar-refractivity contribution >= 4 is 68.2 Å². The highest BCUT2D eigenvalue weighted by Gasteiger charge is 2.57. The number of ether oxygens (including phenoxy) is 1. The van der Waals surface area contributed by atoms with Gasteiger partial charge in [-0.2, -0.15) is 0 Å². The number of carbonyl (C=O) groups is 4. The number of aromatic nitrogens is 1. The Morgan fingerprint density at radius 1 is 1.02 bits per heavy atom. The van der Waals surface area contributed by atoms with E-state index in [9.17, 15) is 32.4 Å². The molecule has 1 saturated heterocycles. The molecule has 1 fully saturated rings. The highest BCUT2D eigenvalue weighted by molar-refractivity contribution is 8.00. The van der Waals surface area contributed by atoms with Crippen molar-refractivity contribution < 1.29 is 36.7 Å². The molecule has 0 saturated carbocycles. The molecule has 0 radical (unpaired) electrons. The number of sulfonamides is 1. The van der Waals surface area contributed by atoms with Gasteiger partial charge in [-0.05, 0) is 67.6 Å². The third kappa shape index (κ3) is 5.61. The fourth-order valence-corrected chi connectivity index (χ4v) is 8.59. The predicted molar refractivity (Wildman–Crippen MR) is 164 cm³/mol. The molecule has 16 heteroatoms. The van der Waals surface area contributed by atoms with E-state index in [0.29, 0.717) is 15.7 Å². The molecule has 0 aliphatic carbocycles. The van der Waals surface area contributed by atoms with Crippen molar-refractivity contribution in [1.29, 1.82) is 0 Å². The van der Waals surface area contributed by atoms with Crippen LogP contribution in [-0.2, 0) is 35.7 Å². The number of amides is 3. The van der Waals surface area contributed by atoms with Gasteiger partial charge in [-0.25, -0.2) is 23.3 Å². The van der Waals surface area contributed by atoms with Gasteiger partial charge in [0.25, 0.3) is 0 Å². The standard InChI is InChI=1S/C29H24N4O9S3/c1-2-41-28(37)15-5-9-17(10-6-15)33-25(35)22-21(19-4-3-13-42-19)24-27(43-23(22)26(33)36)32(29(38)44-24)14-20(34)31-16-7-11-18(12-8-16)45(30,39)40/h3-13,21-23H,2,14H2,1H3,(H,31,34)(H2,30,39,40)/t21-,22?,23?/m1/s1. The zero-order valence-electron chi connectivity index (χ0n) is 23.4. The van der Waals surface area contributed by atoms with Crippen LogP contribution in [0.15, 0.2) is 86.1 Å². The molecule has 2 aliphatic heterocycles. The Balaban J connectivity index is 1.31. The summed E-state index contributed by atoms with van der Waals surface area (Å²) >= 11 is 1.91. The van der Waals surface area contributed by atoms with Crippen LogP contribution in [0, 0.1) is 5.92 Å². The number of thioether (sulfide) groups is 1. The average Bonchev–Trinajstić information content (AvgIpc) is 3.70. The van der Waals surface area contributed by atoms with Gasteiger partial charge >= 0.3 is 10.8 Å². The van der Waals surface area contributed by atoms with E-state index >= 15 is 0 Å². The summed E-state index contributed by atoms with van der Waals surface area (Å²) in [5, 5.41) is 7.18. The van der Waals surface area contributed by atoms with E-state index in [4.69, 9.17) is 14.3 Å². The Morgan fingerprint density at radius 3 is 2.36 bits per heavy atom. The second-order valence-corrected chi connectivity index (χ2v) is 13.8. The monoisotopic (exact) mass is 668 g/mol. The molecule has 4 heterocycles. The van der Waals surface area contributed by atoms with Gasteiger partial charge in [0.05, 0.1) is 50.8 Å². The van der Waals surface area contributed by atoms with Gasteiger partial charge in [0, 0.05) is 5.69 Å².